The first kappa shape index (κ1) is 10.7. The van der Waals surface area contributed by atoms with Crippen LogP contribution < -0.4 is 5.32 Å². The Hall–Kier alpha value is 0.140. The fraction of sp³-hybridized carbons (Fsp3) is 0.636. The zero-order valence-electron chi connectivity index (χ0n) is 8.42. The van der Waals surface area contributed by atoms with Gasteiger partial charge in [-0.15, -0.1) is 11.3 Å². The van der Waals surface area contributed by atoms with Gasteiger partial charge in [0, 0.05) is 20.8 Å². The van der Waals surface area contributed by atoms with Gasteiger partial charge in [0.1, 0.15) is 0 Å². The summed E-state index contributed by atoms with van der Waals surface area (Å²) in [6, 6.07) is 3.05. The smallest absolute Gasteiger partial charge is 0.0285 e. The van der Waals surface area contributed by atoms with Crippen molar-refractivity contribution in [3.05, 3.63) is 20.8 Å². The molecule has 0 atom stereocenters. The van der Waals surface area contributed by atoms with Crippen molar-refractivity contribution in [3.8, 4) is 0 Å². The average Bonchev–Trinajstić information content (AvgIpc) is 2.65. The van der Waals surface area contributed by atoms with Crippen molar-refractivity contribution in [2.75, 3.05) is 7.05 Å². The quantitative estimate of drug-likeness (QED) is 0.866. The van der Waals surface area contributed by atoms with E-state index < -0.39 is 0 Å². The molecule has 1 fully saturated rings. The van der Waals surface area contributed by atoms with Gasteiger partial charge >= 0.3 is 0 Å². The average molecular weight is 274 g/mol. The summed E-state index contributed by atoms with van der Waals surface area (Å²) in [7, 11) is 2.08. The van der Waals surface area contributed by atoms with E-state index in [-0.39, 0.29) is 0 Å². The molecule has 1 aliphatic rings. The maximum atomic E-state index is 3.52. The molecule has 1 N–H and O–H groups in total. The van der Waals surface area contributed by atoms with E-state index in [1.165, 1.54) is 30.2 Å². The molecular formula is C11H16BrNS. The van der Waals surface area contributed by atoms with Crippen LogP contribution in [0.5, 0.6) is 0 Å². The lowest BCUT2D eigenvalue weighted by atomic mass is 9.85. The summed E-state index contributed by atoms with van der Waals surface area (Å²) >= 11 is 5.42. The molecule has 1 aromatic heterocycles. The third-order valence-electron chi connectivity index (χ3n) is 3.13. The molecule has 0 amide bonds. The highest BCUT2D eigenvalue weighted by Gasteiger charge is 2.22. The van der Waals surface area contributed by atoms with E-state index in [0.717, 1.165) is 12.0 Å². The van der Waals surface area contributed by atoms with Crippen LogP contribution in [0, 0.1) is 0 Å². The van der Waals surface area contributed by atoms with Crippen LogP contribution in [0.3, 0.4) is 0 Å². The van der Waals surface area contributed by atoms with Gasteiger partial charge in [0.2, 0.25) is 0 Å². The van der Waals surface area contributed by atoms with Crippen molar-refractivity contribution in [1.82, 2.24) is 5.32 Å². The van der Waals surface area contributed by atoms with E-state index in [1.807, 2.05) is 11.3 Å². The molecule has 0 radical (unpaired) electrons. The van der Waals surface area contributed by atoms with Gasteiger partial charge in [-0.3, -0.25) is 0 Å². The van der Waals surface area contributed by atoms with Crippen LogP contribution in [0.2, 0.25) is 0 Å². The monoisotopic (exact) mass is 273 g/mol. The highest BCUT2D eigenvalue weighted by atomic mass is 79.9. The second kappa shape index (κ2) is 4.77. The van der Waals surface area contributed by atoms with Gasteiger partial charge in [-0.25, -0.2) is 0 Å². The van der Waals surface area contributed by atoms with E-state index in [9.17, 15) is 0 Å². The lowest BCUT2D eigenvalue weighted by Gasteiger charge is -2.27. The lowest BCUT2D eigenvalue weighted by molar-refractivity contribution is 0.361. The van der Waals surface area contributed by atoms with Crippen molar-refractivity contribution in [2.45, 2.75) is 37.6 Å². The molecule has 0 aliphatic heterocycles. The molecule has 0 spiro atoms. The molecule has 2 rings (SSSR count). The molecule has 0 aromatic carbocycles. The molecule has 1 aliphatic carbocycles. The molecule has 14 heavy (non-hydrogen) atoms. The highest BCUT2D eigenvalue weighted by Crippen LogP contribution is 2.36. The topological polar surface area (TPSA) is 12.0 Å². The van der Waals surface area contributed by atoms with Gasteiger partial charge in [0.15, 0.2) is 0 Å². The highest BCUT2D eigenvalue weighted by molar-refractivity contribution is 9.10. The normalized spacial score (nSPS) is 27.9. The fourth-order valence-corrected chi connectivity index (χ4v) is 3.83. The first-order valence-corrected chi connectivity index (χ1v) is 6.88. The Bertz CT molecular complexity index is 289. The van der Waals surface area contributed by atoms with Gasteiger partial charge in [0.25, 0.3) is 0 Å². The van der Waals surface area contributed by atoms with Gasteiger partial charge in [-0.2, -0.15) is 0 Å². The summed E-state index contributed by atoms with van der Waals surface area (Å²) in [6.07, 6.45) is 5.35. The first-order chi connectivity index (χ1) is 6.79. The van der Waals surface area contributed by atoms with Crippen LogP contribution in [-0.2, 0) is 0 Å². The van der Waals surface area contributed by atoms with Crippen LogP contribution in [0.4, 0.5) is 0 Å². The standard InChI is InChI=1S/C11H16BrNS/c1-13-10-4-2-8(3-5-10)11-6-9(12)7-14-11/h6-8,10,13H,2-5H2,1H3. The molecule has 1 nitrogen and oxygen atoms in total. The van der Waals surface area contributed by atoms with E-state index in [4.69, 9.17) is 0 Å². The number of thiophene rings is 1. The van der Waals surface area contributed by atoms with Gasteiger partial charge in [-0.1, -0.05) is 0 Å². The minimum absolute atomic E-state index is 0.759. The van der Waals surface area contributed by atoms with Gasteiger partial charge < -0.3 is 5.32 Å². The zero-order chi connectivity index (χ0) is 9.97. The third kappa shape index (κ3) is 2.38. The molecule has 0 bridgehead atoms. The van der Waals surface area contributed by atoms with E-state index in [0.29, 0.717) is 0 Å². The number of halogens is 1. The van der Waals surface area contributed by atoms with E-state index in [1.54, 1.807) is 4.88 Å². The SMILES string of the molecule is CNC1CCC(c2cc(Br)cs2)CC1. The number of hydrogen-bond acceptors (Lipinski definition) is 2. The van der Waals surface area contributed by atoms with E-state index in [2.05, 4.69) is 39.7 Å². The lowest BCUT2D eigenvalue weighted by Crippen LogP contribution is -2.29. The zero-order valence-corrected chi connectivity index (χ0v) is 10.8. The number of rotatable bonds is 2. The molecule has 3 heteroatoms. The van der Waals surface area contributed by atoms with Crippen molar-refractivity contribution in [2.24, 2.45) is 0 Å². The van der Waals surface area contributed by atoms with Crippen LogP contribution in [0.25, 0.3) is 0 Å². The Kier molecular flexibility index (Phi) is 3.63. The van der Waals surface area contributed by atoms with Crippen molar-refractivity contribution in [3.63, 3.8) is 0 Å². The predicted molar refractivity (Wildman–Crippen MR) is 66.1 cm³/mol. The Morgan fingerprint density at radius 1 is 1.36 bits per heavy atom. The van der Waals surface area contributed by atoms with Gasteiger partial charge in [0.05, 0.1) is 0 Å². The minimum atomic E-state index is 0.759. The molecular weight excluding hydrogens is 258 g/mol. The largest absolute Gasteiger partial charge is 0.317 e. The maximum Gasteiger partial charge on any atom is 0.0285 e. The third-order valence-corrected chi connectivity index (χ3v) is 4.98. The van der Waals surface area contributed by atoms with Gasteiger partial charge in [-0.05, 0) is 60.6 Å². The minimum Gasteiger partial charge on any atom is -0.317 e. The Morgan fingerprint density at radius 2 is 2.07 bits per heavy atom. The molecule has 1 aromatic rings. The van der Waals surface area contributed by atoms with Crippen LogP contribution >= 0.6 is 27.3 Å². The Morgan fingerprint density at radius 3 is 2.57 bits per heavy atom. The fourth-order valence-electron chi connectivity index (χ4n) is 2.21. The molecule has 0 saturated heterocycles. The second-order valence-electron chi connectivity index (χ2n) is 4.00. The summed E-state index contributed by atoms with van der Waals surface area (Å²) in [6.45, 7) is 0. The summed E-state index contributed by atoms with van der Waals surface area (Å²) in [5, 5.41) is 5.57. The molecule has 1 saturated carbocycles. The molecule has 0 unspecified atom stereocenters. The van der Waals surface area contributed by atoms with Crippen molar-refractivity contribution in [1.29, 1.82) is 0 Å². The summed E-state index contributed by atoms with van der Waals surface area (Å²) in [4.78, 5) is 1.56. The number of nitrogens with one attached hydrogen (secondary N) is 1. The van der Waals surface area contributed by atoms with Crippen LogP contribution in [0.15, 0.2) is 15.9 Å². The van der Waals surface area contributed by atoms with E-state index >= 15 is 0 Å². The predicted octanol–water partition coefficient (Wildman–Crippen LogP) is 3.76. The first-order valence-electron chi connectivity index (χ1n) is 5.21. The molecule has 1 heterocycles. The van der Waals surface area contributed by atoms with Crippen molar-refractivity contribution >= 4 is 27.3 Å². The van der Waals surface area contributed by atoms with Crippen LogP contribution in [-0.4, -0.2) is 13.1 Å². The summed E-state index contributed by atoms with van der Waals surface area (Å²) in [5.41, 5.74) is 0. The van der Waals surface area contributed by atoms with Crippen molar-refractivity contribution < 1.29 is 0 Å². The van der Waals surface area contributed by atoms with Crippen LogP contribution in [0.1, 0.15) is 36.5 Å². The Balaban J connectivity index is 1.95. The maximum absolute atomic E-state index is 3.52. The number of hydrogen-bond donors (Lipinski definition) is 1. The summed E-state index contributed by atoms with van der Waals surface area (Å²) in [5.74, 6) is 0.816. The Labute approximate surface area is 98.0 Å². The second-order valence-corrected chi connectivity index (χ2v) is 5.86. The molecule has 78 valence electrons. The summed E-state index contributed by atoms with van der Waals surface area (Å²) < 4.78 is 1.24.